The highest BCUT2D eigenvalue weighted by atomic mass is 16.2. The van der Waals surface area contributed by atoms with Crippen LogP contribution in [0.3, 0.4) is 0 Å². The number of amides is 1. The highest BCUT2D eigenvalue weighted by molar-refractivity contribution is 5.94. The molecule has 7 nitrogen and oxygen atoms in total. The summed E-state index contributed by atoms with van der Waals surface area (Å²) < 4.78 is 0. The summed E-state index contributed by atoms with van der Waals surface area (Å²) in [6, 6.07) is 9.31. The van der Waals surface area contributed by atoms with Crippen molar-refractivity contribution in [1.29, 1.82) is 0 Å². The van der Waals surface area contributed by atoms with E-state index < -0.39 is 0 Å². The van der Waals surface area contributed by atoms with Crippen molar-refractivity contribution in [3.05, 3.63) is 42.2 Å². The number of aromatic nitrogens is 2. The molecular weight excluding hydrogens is 304 g/mol. The minimum Gasteiger partial charge on any atom is -0.373 e. The first-order valence-electron chi connectivity index (χ1n) is 8.00. The number of hydrogen-bond acceptors (Lipinski definition) is 6. The molecule has 24 heavy (non-hydrogen) atoms. The Hall–Kier alpha value is -2.67. The molecule has 0 spiro atoms. The van der Waals surface area contributed by atoms with Gasteiger partial charge in [0, 0.05) is 50.5 Å². The van der Waals surface area contributed by atoms with Crippen molar-refractivity contribution < 1.29 is 4.79 Å². The van der Waals surface area contributed by atoms with E-state index >= 15 is 0 Å². The monoisotopic (exact) mass is 326 g/mol. The lowest BCUT2D eigenvalue weighted by molar-refractivity contribution is 0.0664. The second-order valence-corrected chi connectivity index (χ2v) is 5.84. The van der Waals surface area contributed by atoms with Crippen LogP contribution in [0, 0.1) is 0 Å². The molecule has 1 aromatic carbocycles. The van der Waals surface area contributed by atoms with Crippen molar-refractivity contribution in [1.82, 2.24) is 19.8 Å². The zero-order valence-corrected chi connectivity index (χ0v) is 14.0. The molecule has 7 heteroatoms. The smallest absolute Gasteiger partial charge is 0.253 e. The van der Waals surface area contributed by atoms with Crippen molar-refractivity contribution in [2.24, 2.45) is 0 Å². The van der Waals surface area contributed by atoms with Gasteiger partial charge in [-0.25, -0.2) is 9.97 Å². The van der Waals surface area contributed by atoms with Crippen LogP contribution in [0.2, 0.25) is 0 Å². The van der Waals surface area contributed by atoms with Gasteiger partial charge in [-0.05, 0) is 31.3 Å². The summed E-state index contributed by atoms with van der Waals surface area (Å²) in [4.78, 5) is 24.9. The van der Waals surface area contributed by atoms with Crippen LogP contribution >= 0.6 is 0 Å². The molecular formula is C17H22N6O. The van der Waals surface area contributed by atoms with Crippen molar-refractivity contribution >= 4 is 23.2 Å². The average Bonchev–Trinajstić information content (AvgIpc) is 2.62. The van der Waals surface area contributed by atoms with Gasteiger partial charge in [0.15, 0.2) is 0 Å². The first-order chi connectivity index (χ1) is 11.7. The molecule has 0 unspecified atom stereocenters. The molecule has 1 aliphatic rings. The minimum atomic E-state index is 0.0918. The van der Waals surface area contributed by atoms with E-state index in [0.717, 1.165) is 37.7 Å². The molecule has 1 aliphatic heterocycles. The lowest BCUT2D eigenvalue weighted by Gasteiger charge is -2.32. The van der Waals surface area contributed by atoms with Gasteiger partial charge in [-0.15, -0.1) is 0 Å². The fourth-order valence-corrected chi connectivity index (χ4v) is 2.60. The number of anilines is 3. The van der Waals surface area contributed by atoms with Gasteiger partial charge < -0.3 is 20.4 Å². The Morgan fingerprint density at radius 2 is 1.71 bits per heavy atom. The number of rotatable bonds is 4. The van der Waals surface area contributed by atoms with E-state index in [1.54, 1.807) is 0 Å². The van der Waals surface area contributed by atoms with Gasteiger partial charge in [-0.3, -0.25) is 4.79 Å². The Morgan fingerprint density at radius 1 is 1.04 bits per heavy atom. The van der Waals surface area contributed by atoms with E-state index in [1.807, 2.05) is 42.3 Å². The first-order valence-corrected chi connectivity index (χ1v) is 8.00. The van der Waals surface area contributed by atoms with Gasteiger partial charge in [-0.1, -0.05) is 0 Å². The SMILES string of the molecule is CNc1cc(Nc2ccc(C(=O)N3CCN(C)CC3)cc2)ncn1. The highest BCUT2D eigenvalue weighted by Crippen LogP contribution is 2.18. The van der Waals surface area contributed by atoms with Crippen LogP contribution in [0.25, 0.3) is 0 Å². The summed E-state index contributed by atoms with van der Waals surface area (Å²) >= 11 is 0. The molecule has 1 saturated heterocycles. The summed E-state index contributed by atoms with van der Waals surface area (Å²) in [7, 11) is 3.89. The number of hydrogen-bond donors (Lipinski definition) is 2. The Kier molecular flexibility index (Phi) is 4.90. The van der Waals surface area contributed by atoms with E-state index in [0.29, 0.717) is 11.4 Å². The summed E-state index contributed by atoms with van der Waals surface area (Å²) in [5.74, 6) is 1.54. The third-order valence-electron chi connectivity index (χ3n) is 4.12. The maximum absolute atomic E-state index is 12.5. The maximum atomic E-state index is 12.5. The highest BCUT2D eigenvalue weighted by Gasteiger charge is 2.20. The minimum absolute atomic E-state index is 0.0918. The number of carbonyl (C=O) groups excluding carboxylic acids is 1. The normalized spacial score (nSPS) is 15.2. The molecule has 0 aliphatic carbocycles. The van der Waals surface area contributed by atoms with Crippen molar-refractivity contribution in [3.8, 4) is 0 Å². The van der Waals surface area contributed by atoms with Gasteiger partial charge >= 0.3 is 0 Å². The van der Waals surface area contributed by atoms with E-state index in [4.69, 9.17) is 0 Å². The number of carbonyl (C=O) groups is 1. The fourth-order valence-electron chi connectivity index (χ4n) is 2.60. The summed E-state index contributed by atoms with van der Waals surface area (Å²) in [5, 5.41) is 6.18. The van der Waals surface area contributed by atoms with Crippen LogP contribution in [-0.4, -0.2) is 65.9 Å². The number of likely N-dealkylation sites (N-methyl/N-ethyl adjacent to an activating group) is 1. The maximum Gasteiger partial charge on any atom is 0.253 e. The van der Waals surface area contributed by atoms with Crippen LogP contribution in [0.5, 0.6) is 0 Å². The number of benzene rings is 1. The van der Waals surface area contributed by atoms with Crippen molar-refractivity contribution in [2.45, 2.75) is 0 Å². The molecule has 2 N–H and O–H groups in total. The molecule has 126 valence electrons. The van der Waals surface area contributed by atoms with Gasteiger partial charge in [0.1, 0.15) is 18.0 Å². The van der Waals surface area contributed by atoms with Gasteiger partial charge in [0.2, 0.25) is 0 Å². The molecule has 3 rings (SSSR count). The molecule has 0 atom stereocenters. The lowest BCUT2D eigenvalue weighted by Crippen LogP contribution is -2.47. The summed E-state index contributed by atoms with van der Waals surface area (Å²) in [6.45, 7) is 3.41. The van der Waals surface area contributed by atoms with E-state index in [-0.39, 0.29) is 5.91 Å². The molecule has 2 heterocycles. The van der Waals surface area contributed by atoms with E-state index in [1.165, 1.54) is 6.33 Å². The number of piperazine rings is 1. The molecule has 1 amide bonds. The topological polar surface area (TPSA) is 73.4 Å². The van der Waals surface area contributed by atoms with Crippen LogP contribution in [0.4, 0.5) is 17.3 Å². The molecule has 0 radical (unpaired) electrons. The molecule has 0 bridgehead atoms. The zero-order valence-electron chi connectivity index (χ0n) is 14.0. The van der Waals surface area contributed by atoms with Crippen LogP contribution in [0.15, 0.2) is 36.7 Å². The van der Waals surface area contributed by atoms with Crippen molar-refractivity contribution in [2.75, 3.05) is 50.9 Å². The average molecular weight is 326 g/mol. The second kappa shape index (κ2) is 7.27. The number of nitrogens with one attached hydrogen (secondary N) is 2. The van der Waals surface area contributed by atoms with Crippen LogP contribution in [-0.2, 0) is 0 Å². The number of nitrogens with zero attached hydrogens (tertiary/aromatic N) is 4. The molecule has 1 fully saturated rings. The molecule has 0 saturated carbocycles. The largest absolute Gasteiger partial charge is 0.373 e. The van der Waals surface area contributed by atoms with Gasteiger partial charge in [0.25, 0.3) is 5.91 Å². The summed E-state index contributed by atoms with van der Waals surface area (Å²) in [5.41, 5.74) is 1.59. The fraction of sp³-hybridized carbons (Fsp3) is 0.353. The van der Waals surface area contributed by atoms with Crippen LogP contribution in [0.1, 0.15) is 10.4 Å². The van der Waals surface area contributed by atoms with E-state index in [2.05, 4.69) is 32.5 Å². The lowest BCUT2D eigenvalue weighted by atomic mass is 10.1. The Labute approximate surface area is 141 Å². The molecule has 2 aromatic rings. The van der Waals surface area contributed by atoms with E-state index in [9.17, 15) is 4.79 Å². The molecule has 1 aromatic heterocycles. The first kappa shape index (κ1) is 16.2. The second-order valence-electron chi connectivity index (χ2n) is 5.84. The summed E-state index contributed by atoms with van der Waals surface area (Å²) in [6.07, 6.45) is 1.50. The van der Waals surface area contributed by atoms with Gasteiger partial charge in [0.05, 0.1) is 0 Å². The third kappa shape index (κ3) is 3.80. The Morgan fingerprint density at radius 3 is 2.38 bits per heavy atom. The van der Waals surface area contributed by atoms with Gasteiger partial charge in [-0.2, -0.15) is 0 Å². The Balaban J connectivity index is 1.65. The quantitative estimate of drug-likeness (QED) is 0.890. The third-order valence-corrected chi connectivity index (χ3v) is 4.12. The zero-order chi connectivity index (χ0) is 16.9. The van der Waals surface area contributed by atoms with Crippen molar-refractivity contribution in [3.63, 3.8) is 0 Å². The standard InChI is InChI=1S/C17H22N6O/c1-18-15-11-16(20-12-19-15)21-14-5-3-13(4-6-14)17(24)23-9-7-22(2)8-10-23/h3-6,11-12H,7-10H2,1-2H3,(H2,18,19,20,21). The Bertz CT molecular complexity index is 694. The predicted molar refractivity (Wildman–Crippen MR) is 94.7 cm³/mol. The van der Waals surface area contributed by atoms with Crippen LogP contribution < -0.4 is 10.6 Å². The predicted octanol–water partition coefficient (Wildman–Crippen LogP) is 1.65.